The predicted molar refractivity (Wildman–Crippen MR) is 108 cm³/mol. The molecule has 2 amide bonds. The average Bonchev–Trinajstić information content (AvgIpc) is 2.73. The van der Waals surface area contributed by atoms with E-state index in [1.165, 1.54) is 12.1 Å². The second kappa shape index (κ2) is 9.45. The fourth-order valence-electron chi connectivity index (χ4n) is 2.66. The quantitative estimate of drug-likeness (QED) is 0.592. The molecule has 29 heavy (non-hydrogen) atoms. The van der Waals surface area contributed by atoms with Gasteiger partial charge >= 0.3 is 6.03 Å². The second-order valence-electron chi connectivity index (χ2n) is 6.05. The standard InChI is InChI=1S/C22H21FN2O4/c1-27-20-11-10-15(12-21(20)28-2)14-24-22(26)25-18-8-3-4-9-19(18)29-17-7-5-6-16(23)13-17/h3-13H,14H2,1-2H3,(H2,24,25,26). The number of methoxy groups -OCH3 is 2. The molecule has 0 aromatic heterocycles. The molecule has 0 heterocycles. The molecule has 0 saturated heterocycles. The highest BCUT2D eigenvalue weighted by Crippen LogP contribution is 2.30. The molecule has 0 bridgehead atoms. The Kier molecular flexibility index (Phi) is 6.52. The van der Waals surface area contributed by atoms with Crippen molar-refractivity contribution in [1.82, 2.24) is 5.32 Å². The number of carbonyl (C=O) groups excluding carboxylic acids is 1. The summed E-state index contributed by atoms with van der Waals surface area (Å²) in [5.74, 6) is 1.54. The molecule has 0 unspecified atom stereocenters. The number of nitrogens with one attached hydrogen (secondary N) is 2. The van der Waals surface area contributed by atoms with Crippen molar-refractivity contribution in [3.8, 4) is 23.0 Å². The van der Waals surface area contributed by atoms with Gasteiger partial charge in [0.2, 0.25) is 0 Å². The maximum atomic E-state index is 13.4. The monoisotopic (exact) mass is 396 g/mol. The van der Waals surface area contributed by atoms with Gasteiger partial charge in [0.25, 0.3) is 0 Å². The predicted octanol–water partition coefficient (Wildman–Crippen LogP) is 4.96. The van der Waals surface area contributed by atoms with Crippen molar-refractivity contribution in [2.45, 2.75) is 6.54 Å². The molecule has 0 aliphatic rings. The summed E-state index contributed by atoms with van der Waals surface area (Å²) >= 11 is 0. The van der Waals surface area contributed by atoms with Gasteiger partial charge in [-0.25, -0.2) is 9.18 Å². The first kappa shape index (κ1) is 20.0. The van der Waals surface area contributed by atoms with Crippen LogP contribution >= 0.6 is 0 Å². The first-order valence-electron chi connectivity index (χ1n) is 8.87. The summed E-state index contributed by atoms with van der Waals surface area (Å²) in [6, 6.07) is 17.7. The summed E-state index contributed by atoms with van der Waals surface area (Å²) in [7, 11) is 3.11. The van der Waals surface area contributed by atoms with E-state index >= 15 is 0 Å². The number of para-hydroxylation sites is 2. The van der Waals surface area contributed by atoms with Gasteiger partial charge in [-0.2, -0.15) is 0 Å². The van der Waals surface area contributed by atoms with Crippen LogP contribution in [0.4, 0.5) is 14.9 Å². The van der Waals surface area contributed by atoms with Gasteiger partial charge in [-0.1, -0.05) is 24.3 Å². The van der Waals surface area contributed by atoms with E-state index < -0.39 is 11.8 Å². The van der Waals surface area contributed by atoms with Crippen LogP contribution in [0.2, 0.25) is 0 Å². The topological polar surface area (TPSA) is 68.8 Å². The number of rotatable bonds is 7. The molecular weight excluding hydrogens is 375 g/mol. The number of hydrogen-bond acceptors (Lipinski definition) is 4. The summed E-state index contributed by atoms with van der Waals surface area (Å²) in [6.45, 7) is 0.291. The van der Waals surface area contributed by atoms with Crippen LogP contribution in [0, 0.1) is 5.82 Å². The molecule has 3 rings (SSSR count). The molecule has 7 heteroatoms. The van der Waals surface area contributed by atoms with Gasteiger partial charge in [0, 0.05) is 12.6 Å². The van der Waals surface area contributed by atoms with Gasteiger partial charge in [0.05, 0.1) is 19.9 Å². The van der Waals surface area contributed by atoms with Crippen molar-refractivity contribution in [3.63, 3.8) is 0 Å². The van der Waals surface area contributed by atoms with Crippen molar-refractivity contribution in [2.75, 3.05) is 19.5 Å². The van der Waals surface area contributed by atoms with Gasteiger partial charge in [0.15, 0.2) is 17.2 Å². The van der Waals surface area contributed by atoms with Crippen LogP contribution in [0.15, 0.2) is 66.7 Å². The molecular formula is C22H21FN2O4. The van der Waals surface area contributed by atoms with Crippen LogP contribution in [0.3, 0.4) is 0 Å². The van der Waals surface area contributed by atoms with Crippen LogP contribution in [0.5, 0.6) is 23.0 Å². The molecule has 6 nitrogen and oxygen atoms in total. The smallest absolute Gasteiger partial charge is 0.319 e. The van der Waals surface area contributed by atoms with E-state index in [-0.39, 0.29) is 0 Å². The number of halogens is 1. The molecule has 0 saturated carbocycles. The highest BCUT2D eigenvalue weighted by atomic mass is 19.1. The minimum Gasteiger partial charge on any atom is -0.493 e. The number of hydrogen-bond donors (Lipinski definition) is 2. The highest BCUT2D eigenvalue weighted by Gasteiger charge is 2.10. The summed E-state index contributed by atoms with van der Waals surface area (Å²) in [4.78, 5) is 12.3. The molecule has 0 aliphatic carbocycles. The summed E-state index contributed by atoms with van der Waals surface area (Å²) in [5.41, 5.74) is 1.31. The number of anilines is 1. The Morgan fingerprint density at radius 3 is 2.45 bits per heavy atom. The van der Waals surface area contributed by atoms with E-state index in [0.717, 1.165) is 5.56 Å². The molecule has 3 aromatic rings. The lowest BCUT2D eigenvalue weighted by atomic mass is 10.2. The van der Waals surface area contributed by atoms with Crippen molar-refractivity contribution >= 4 is 11.7 Å². The molecule has 0 radical (unpaired) electrons. The maximum Gasteiger partial charge on any atom is 0.319 e. The summed E-state index contributed by atoms with van der Waals surface area (Å²) in [6.07, 6.45) is 0. The van der Waals surface area contributed by atoms with Crippen molar-refractivity contribution < 1.29 is 23.4 Å². The fourth-order valence-corrected chi connectivity index (χ4v) is 2.66. The molecule has 0 aliphatic heterocycles. The Hall–Kier alpha value is -3.74. The van der Waals surface area contributed by atoms with Crippen LogP contribution in [0.25, 0.3) is 0 Å². The summed E-state index contributed by atoms with van der Waals surface area (Å²) < 4.78 is 29.5. The van der Waals surface area contributed by atoms with Crippen molar-refractivity contribution in [1.29, 1.82) is 0 Å². The van der Waals surface area contributed by atoms with Gasteiger partial charge in [-0.3, -0.25) is 0 Å². The Balaban J connectivity index is 1.64. The zero-order valence-corrected chi connectivity index (χ0v) is 16.1. The van der Waals surface area contributed by atoms with Gasteiger partial charge in [-0.05, 0) is 42.0 Å². The van der Waals surface area contributed by atoms with E-state index in [1.807, 2.05) is 6.07 Å². The number of carbonyl (C=O) groups is 1. The van der Waals surface area contributed by atoms with Crippen LogP contribution in [0.1, 0.15) is 5.56 Å². The Labute approximate surface area is 168 Å². The molecule has 0 spiro atoms. The number of ether oxygens (including phenoxy) is 3. The Morgan fingerprint density at radius 1 is 0.897 bits per heavy atom. The van der Waals surface area contributed by atoms with Gasteiger partial charge in [-0.15, -0.1) is 0 Å². The fraction of sp³-hybridized carbons (Fsp3) is 0.136. The number of benzene rings is 3. The molecule has 2 N–H and O–H groups in total. The van der Waals surface area contributed by atoms with Gasteiger partial charge < -0.3 is 24.8 Å². The third kappa shape index (κ3) is 5.38. The van der Waals surface area contributed by atoms with E-state index in [9.17, 15) is 9.18 Å². The lowest BCUT2D eigenvalue weighted by molar-refractivity contribution is 0.251. The highest BCUT2D eigenvalue weighted by molar-refractivity contribution is 5.90. The SMILES string of the molecule is COc1ccc(CNC(=O)Nc2ccccc2Oc2cccc(F)c2)cc1OC. The molecule has 0 fully saturated rings. The van der Waals surface area contributed by atoms with Crippen LogP contribution in [-0.2, 0) is 6.54 Å². The largest absolute Gasteiger partial charge is 0.493 e. The zero-order chi connectivity index (χ0) is 20.6. The number of amides is 2. The Morgan fingerprint density at radius 2 is 1.69 bits per heavy atom. The molecule has 0 atom stereocenters. The van der Waals surface area contributed by atoms with Gasteiger partial charge in [0.1, 0.15) is 11.6 Å². The molecule has 150 valence electrons. The van der Waals surface area contributed by atoms with E-state index in [1.54, 1.807) is 62.8 Å². The number of urea groups is 1. The third-order valence-corrected chi connectivity index (χ3v) is 4.06. The van der Waals surface area contributed by atoms with E-state index in [2.05, 4.69) is 10.6 Å². The minimum absolute atomic E-state index is 0.291. The normalized spacial score (nSPS) is 10.2. The lowest BCUT2D eigenvalue weighted by Gasteiger charge is -2.13. The van der Waals surface area contributed by atoms with E-state index in [4.69, 9.17) is 14.2 Å². The maximum absolute atomic E-state index is 13.4. The van der Waals surface area contributed by atoms with Crippen LogP contribution in [-0.4, -0.2) is 20.3 Å². The Bertz CT molecular complexity index is 994. The zero-order valence-electron chi connectivity index (χ0n) is 16.1. The first-order chi connectivity index (χ1) is 14.1. The average molecular weight is 396 g/mol. The summed E-state index contributed by atoms with van der Waals surface area (Å²) in [5, 5.41) is 5.52. The first-order valence-corrected chi connectivity index (χ1v) is 8.87. The minimum atomic E-state index is -0.407. The lowest BCUT2D eigenvalue weighted by Crippen LogP contribution is -2.28. The third-order valence-electron chi connectivity index (χ3n) is 4.06. The van der Waals surface area contributed by atoms with Crippen molar-refractivity contribution in [2.24, 2.45) is 0 Å². The van der Waals surface area contributed by atoms with Crippen molar-refractivity contribution in [3.05, 3.63) is 78.1 Å². The second-order valence-corrected chi connectivity index (χ2v) is 6.05. The van der Waals surface area contributed by atoms with E-state index in [0.29, 0.717) is 35.2 Å². The van der Waals surface area contributed by atoms with Crippen LogP contribution < -0.4 is 24.8 Å². The molecule has 3 aromatic carbocycles.